The van der Waals surface area contributed by atoms with E-state index in [1.165, 1.54) is 11.1 Å². The molecule has 0 radical (unpaired) electrons. The highest BCUT2D eigenvalue weighted by molar-refractivity contribution is 7.80. The minimum Gasteiger partial charge on any atom is -0.382 e. The Hall–Kier alpha value is -1.96. The lowest BCUT2D eigenvalue weighted by Gasteiger charge is -2.28. The van der Waals surface area contributed by atoms with Crippen LogP contribution in [0.4, 0.5) is 0 Å². The Morgan fingerprint density at radius 2 is 2.13 bits per heavy atom. The third kappa shape index (κ3) is 6.03. The molecule has 2 N–H and O–H groups in total. The van der Waals surface area contributed by atoms with Gasteiger partial charge in [0, 0.05) is 44.0 Å². The average molecular weight is 432 g/mol. The first kappa shape index (κ1) is 22.7. The van der Waals surface area contributed by atoms with Gasteiger partial charge in [-0.15, -0.1) is 0 Å². The third-order valence-electron chi connectivity index (χ3n) is 5.58. The molecule has 7 heteroatoms. The molecule has 2 aromatic rings. The summed E-state index contributed by atoms with van der Waals surface area (Å²) in [7, 11) is 0. The first-order chi connectivity index (χ1) is 14.5. The summed E-state index contributed by atoms with van der Waals surface area (Å²) in [5.74, 6) is 0. The first-order valence-corrected chi connectivity index (χ1v) is 11.2. The van der Waals surface area contributed by atoms with E-state index in [0.29, 0.717) is 30.4 Å². The van der Waals surface area contributed by atoms with Crippen molar-refractivity contribution in [3.05, 3.63) is 45.2 Å². The Morgan fingerprint density at radius 3 is 2.87 bits per heavy atom. The van der Waals surface area contributed by atoms with Crippen molar-refractivity contribution in [1.82, 2.24) is 15.2 Å². The Bertz CT molecular complexity index is 922. The predicted octanol–water partition coefficient (Wildman–Crippen LogP) is 3.43. The summed E-state index contributed by atoms with van der Waals surface area (Å²) >= 11 is 5.67. The zero-order chi connectivity index (χ0) is 21.5. The van der Waals surface area contributed by atoms with Crippen molar-refractivity contribution in [1.29, 1.82) is 0 Å². The second-order valence-electron chi connectivity index (χ2n) is 7.95. The normalized spacial score (nSPS) is 16.2. The molecule has 1 aliphatic rings. The van der Waals surface area contributed by atoms with Crippen molar-refractivity contribution in [2.45, 2.75) is 52.7 Å². The average Bonchev–Trinajstić information content (AvgIpc) is 3.22. The zero-order valence-electron chi connectivity index (χ0n) is 18.3. The van der Waals surface area contributed by atoms with Crippen LogP contribution in [0.15, 0.2) is 23.0 Å². The van der Waals surface area contributed by atoms with Gasteiger partial charge in [0.25, 0.3) is 5.56 Å². The smallest absolute Gasteiger partial charge is 0.253 e. The lowest BCUT2D eigenvalue weighted by atomic mass is 10.0. The highest BCUT2D eigenvalue weighted by atomic mass is 32.1. The summed E-state index contributed by atoms with van der Waals surface area (Å²) in [5.41, 5.74) is 3.89. The molecule has 164 valence electrons. The molecule has 0 saturated carbocycles. The summed E-state index contributed by atoms with van der Waals surface area (Å²) in [6, 6.07) is 6.14. The van der Waals surface area contributed by atoms with E-state index in [-0.39, 0.29) is 11.7 Å². The van der Waals surface area contributed by atoms with Crippen molar-refractivity contribution < 1.29 is 9.47 Å². The lowest BCUT2D eigenvalue weighted by Crippen LogP contribution is -2.44. The van der Waals surface area contributed by atoms with Crippen molar-refractivity contribution in [3.63, 3.8) is 0 Å². The molecule has 1 saturated heterocycles. The van der Waals surface area contributed by atoms with Gasteiger partial charge >= 0.3 is 0 Å². The molecular weight excluding hydrogens is 398 g/mol. The molecule has 30 heavy (non-hydrogen) atoms. The van der Waals surface area contributed by atoms with Crippen LogP contribution in [0.25, 0.3) is 10.9 Å². The van der Waals surface area contributed by atoms with E-state index in [9.17, 15) is 4.79 Å². The molecular formula is C23H33N3O3S. The van der Waals surface area contributed by atoms with Gasteiger partial charge in [0.05, 0.1) is 12.6 Å². The van der Waals surface area contributed by atoms with E-state index >= 15 is 0 Å². The maximum atomic E-state index is 12.8. The standard InChI is InChI=1S/C23H33N3O3S/c1-4-28-9-6-8-24-23(30)26(15-20-7-5-10-29-20)14-19-13-18-11-16(2)17(3)12-21(18)25-22(19)27/h11-13,20H,4-10,14-15H2,1-3H3,(H,24,30)(H,25,27). The highest BCUT2D eigenvalue weighted by Crippen LogP contribution is 2.19. The lowest BCUT2D eigenvalue weighted by molar-refractivity contribution is 0.0896. The van der Waals surface area contributed by atoms with Crippen LogP contribution in [0.1, 0.15) is 42.9 Å². The molecule has 2 heterocycles. The topological polar surface area (TPSA) is 66.6 Å². The number of pyridine rings is 1. The van der Waals surface area contributed by atoms with Crippen LogP contribution >= 0.6 is 12.2 Å². The van der Waals surface area contributed by atoms with Gasteiger partial charge in [0.15, 0.2) is 5.11 Å². The highest BCUT2D eigenvalue weighted by Gasteiger charge is 2.22. The molecule has 0 spiro atoms. The molecule has 1 aliphatic heterocycles. The number of thiocarbonyl (C=S) groups is 1. The van der Waals surface area contributed by atoms with Crippen LogP contribution in [0, 0.1) is 13.8 Å². The Labute approximate surface area is 183 Å². The van der Waals surface area contributed by atoms with Gasteiger partial charge in [-0.2, -0.15) is 0 Å². The number of fused-ring (bicyclic) bond motifs is 1. The molecule has 0 aliphatic carbocycles. The van der Waals surface area contributed by atoms with Crippen LogP contribution < -0.4 is 10.9 Å². The fourth-order valence-electron chi connectivity index (χ4n) is 3.72. The summed E-state index contributed by atoms with van der Waals surface area (Å²) in [4.78, 5) is 17.9. The molecule has 1 aromatic heterocycles. The van der Waals surface area contributed by atoms with E-state index in [0.717, 1.165) is 49.9 Å². The summed E-state index contributed by atoms with van der Waals surface area (Å²) in [6.45, 7) is 10.2. The quantitative estimate of drug-likeness (QED) is 0.468. The predicted molar refractivity (Wildman–Crippen MR) is 125 cm³/mol. The number of aromatic amines is 1. The number of hydrogen-bond acceptors (Lipinski definition) is 4. The van der Waals surface area contributed by atoms with E-state index < -0.39 is 0 Å². The number of benzene rings is 1. The van der Waals surface area contributed by atoms with Crippen LogP contribution in [-0.4, -0.2) is 54.0 Å². The van der Waals surface area contributed by atoms with Crippen LogP contribution in [0.2, 0.25) is 0 Å². The molecule has 6 nitrogen and oxygen atoms in total. The van der Waals surface area contributed by atoms with Gasteiger partial charge in [-0.3, -0.25) is 4.79 Å². The number of ether oxygens (including phenoxy) is 2. The largest absolute Gasteiger partial charge is 0.382 e. The Balaban J connectivity index is 1.75. The number of aromatic nitrogens is 1. The van der Waals surface area contributed by atoms with E-state index in [4.69, 9.17) is 21.7 Å². The molecule has 1 atom stereocenters. The summed E-state index contributed by atoms with van der Waals surface area (Å²) in [6.07, 6.45) is 3.13. The maximum Gasteiger partial charge on any atom is 0.253 e. The van der Waals surface area contributed by atoms with Crippen LogP contribution in [0.3, 0.4) is 0 Å². The van der Waals surface area contributed by atoms with Gasteiger partial charge < -0.3 is 24.7 Å². The van der Waals surface area contributed by atoms with Crippen molar-refractivity contribution in [3.8, 4) is 0 Å². The number of hydrogen-bond donors (Lipinski definition) is 2. The van der Waals surface area contributed by atoms with Crippen molar-refractivity contribution >= 4 is 28.2 Å². The zero-order valence-corrected chi connectivity index (χ0v) is 19.1. The number of nitrogens with zero attached hydrogens (tertiary/aromatic N) is 1. The van der Waals surface area contributed by atoms with E-state index in [2.05, 4.69) is 35.1 Å². The molecule has 1 aromatic carbocycles. The fraction of sp³-hybridized carbons (Fsp3) is 0.565. The SMILES string of the molecule is CCOCCCNC(=S)N(Cc1cc2cc(C)c(C)cc2[nH]c1=O)CC1CCCO1. The summed E-state index contributed by atoms with van der Waals surface area (Å²) in [5, 5.41) is 5.01. The van der Waals surface area contributed by atoms with Gasteiger partial charge in [-0.1, -0.05) is 0 Å². The fourth-order valence-corrected chi connectivity index (χ4v) is 3.97. The van der Waals surface area contributed by atoms with E-state index in [1.807, 2.05) is 19.1 Å². The third-order valence-corrected chi connectivity index (χ3v) is 5.98. The van der Waals surface area contributed by atoms with Gasteiger partial charge in [0.2, 0.25) is 0 Å². The Kier molecular flexibility index (Phi) is 8.24. The maximum absolute atomic E-state index is 12.8. The second kappa shape index (κ2) is 10.9. The minimum atomic E-state index is -0.0674. The number of nitrogens with one attached hydrogen (secondary N) is 2. The molecule has 0 bridgehead atoms. The van der Waals surface area contributed by atoms with Gasteiger partial charge in [0.1, 0.15) is 0 Å². The molecule has 0 amide bonds. The Morgan fingerprint density at radius 1 is 1.33 bits per heavy atom. The van der Waals surface area contributed by atoms with Crippen LogP contribution in [-0.2, 0) is 16.0 Å². The minimum absolute atomic E-state index is 0.0674. The van der Waals surface area contributed by atoms with Gasteiger partial charge in [-0.25, -0.2) is 0 Å². The van der Waals surface area contributed by atoms with Gasteiger partial charge in [-0.05, 0) is 87.0 Å². The monoisotopic (exact) mass is 431 g/mol. The summed E-state index contributed by atoms with van der Waals surface area (Å²) < 4.78 is 11.2. The first-order valence-electron chi connectivity index (χ1n) is 10.8. The number of aryl methyl sites for hydroxylation is 2. The number of rotatable bonds is 9. The molecule has 3 rings (SSSR count). The van der Waals surface area contributed by atoms with Crippen molar-refractivity contribution in [2.24, 2.45) is 0 Å². The second-order valence-corrected chi connectivity index (χ2v) is 8.33. The number of H-pyrrole nitrogens is 1. The molecule has 1 fully saturated rings. The van der Waals surface area contributed by atoms with Crippen molar-refractivity contribution in [2.75, 3.05) is 32.9 Å². The molecule has 1 unspecified atom stereocenters. The van der Waals surface area contributed by atoms with E-state index in [1.54, 1.807) is 0 Å². The van der Waals surface area contributed by atoms with Crippen LogP contribution in [0.5, 0.6) is 0 Å².